The van der Waals surface area contributed by atoms with E-state index in [1.54, 1.807) is 6.07 Å². The van der Waals surface area contributed by atoms with Gasteiger partial charge < -0.3 is 29.9 Å². The molecule has 0 saturated carbocycles. The summed E-state index contributed by atoms with van der Waals surface area (Å²) < 4.78 is 11.1. The Bertz CT molecular complexity index is 702. The highest BCUT2D eigenvalue weighted by Gasteiger charge is 2.44. The summed E-state index contributed by atoms with van der Waals surface area (Å²) in [5.74, 6) is 0.521. The lowest BCUT2D eigenvalue weighted by molar-refractivity contribution is -0.277. The second kappa shape index (κ2) is 16.0. The predicted octanol–water partition coefficient (Wildman–Crippen LogP) is 4.05. The Morgan fingerprint density at radius 3 is 2.36 bits per heavy atom. The van der Waals surface area contributed by atoms with Crippen LogP contribution in [0.3, 0.4) is 0 Å². The molecule has 1 aromatic rings. The first-order valence-corrected chi connectivity index (χ1v) is 12.4. The molecule has 0 spiro atoms. The van der Waals surface area contributed by atoms with Gasteiger partial charge in [0, 0.05) is 0 Å². The summed E-state index contributed by atoms with van der Waals surface area (Å²) >= 11 is 0. The van der Waals surface area contributed by atoms with Crippen LogP contribution in [0.25, 0.3) is 0 Å². The van der Waals surface area contributed by atoms with E-state index in [0.29, 0.717) is 5.75 Å². The number of ether oxygens (including phenoxy) is 2. The van der Waals surface area contributed by atoms with E-state index in [0.717, 1.165) is 31.2 Å². The molecule has 1 saturated heterocycles. The van der Waals surface area contributed by atoms with Gasteiger partial charge in [0.15, 0.2) is 0 Å². The standard InChI is InChI=1S/C27H42O6/c1-2-3-4-5-6-7-8-9-10-11-12-13-14-16-21-17-15-18-22(19-21)32-27-26(31)25(30)24(29)23(20-28)33-27/h4-5,7-8,15,17-19,23-31H,2-3,6,9-14,16,20H2,1H3/b5-4-,8-7-/t23?,24-,25?,26?,27-/m1/s1. The monoisotopic (exact) mass is 462 g/mol. The van der Waals surface area contributed by atoms with E-state index in [-0.39, 0.29) is 0 Å². The van der Waals surface area contributed by atoms with Crippen LogP contribution in [0.1, 0.15) is 70.3 Å². The predicted molar refractivity (Wildman–Crippen MR) is 130 cm³/mol. The van der Waals surface area contributed by atoms with E-state index in [9.17, 15) is 20.4 Å². The molecule has 186 valence electrons. The van der Waals surface area contributed by atoms with Crippen molar-refractivity contribution < 1.29 is 29.9 Å². The topological polar surface area (TPSA) is 99.4 Å². The van der Waals surface area contributed by atoms with Crippen LogP contribution >= 0.6 is 0 Å². The fraction of sp³-hybridized carbons (Fsp3) is 0.630. The molecule has 5 atom stereocenters. The minimum absolute atomic E-state index is 0.475. The molecule has 1 aromatic carbocycles. The molecule has 1 heterocycles. The molecule has 6 nitrogen and oxygen atoms in total. The highest BCUT2D eigenvalue weighted by molar-refractivity contribution is 5.28. The van der Waals surface area contributed by atoms with Gasteiger partial charge in [0.05, 0.1) is 6.61 Å². The van der Waals surface area contributed by atoms with Crippen LogP contribution in [0.5, 0.6) is 5.75 Å². The second-order valence-corrected chi connectivity index (χ2v) is 8.74. The van der Waals surface area contributed by atoms with Crippen molar-refractivity contribution in [1.29, 1.82) is 0 Å². The number of unbranched alkanes of at least 4 members (excludes halogenated alkanes) is 6. The van der Waals surface area contributed by atoms with Crippen LogP contribution in [0.15, 0.2) is 48.6 Å². The quantitative estimate of drug-likeness (QED) is 0.232. The van der Waals surface area contributed by atoms with Gasteiger partial charge in [0.1, 0.15) is 30.2 Å². The largest absolute Gasteiger partial charge is 0.462 e. The van der Waals surface area contributed by atoms with Gasteiger partial charge in [-0.2, -0.15) is 0 Å². The number of aryl methyl sites for hydroxylation is 1. The summed E-state index contributed by atoms with van der Waals surface area (Å²) in [4.78, 5) is 0. The van der Waals surface area contributed by atoms with E-state index in [1.165, 1.54) is 38.5 Å². The van der Waals surface area contributed by atoms with Crippen molar-refractivity contribution in [2.45, 2.75) is 102 Å². The van der Waals surface area contributed by atoms with Gasteiger partial charge in [-0.15, -0.1) is 0 Å². The molecule has 0 radical (unpaired) electrons. The minimum atomic E-state index is -1.44. The van der Waals surface area contributed by atoms with Gasteiger partial charge in [-0.05, 0) is 56.2 Å². The zero-order chi connectivity index (χ0) is 23.9. The number of benzene rings is 1. The zero-order valence-corrected chi connectivity index (χ0v) is 19.9. The first-order valence-electron chi connectivity index (χ1n) is 12.4. The first kappa shape index (κ1) is 27.5. The molecular formula is C27H42O6. The van der Waals surface area contributed by atoms with E-state index in [1.807, 2.05) is 18.2 Å². The molecule has 0 aliphatic carbocycles. The highest BCUT2D eigenvalue weighted by Crippen LogP contribution is 2.25. The van der Waals surface area contributed by atoms with Crippen molar-refractivity contribution in [2.75, 3.05) is 6.61 Å². The lowest BCUT2D eigenvalue weighted by Crippen LogP contribution is -2.60. The maximum Gasteiger partial charge on any atom is 0.229 e. The summed E-state index contributed by atoms with van der Waals surface area (Å²) in [5.41, 5.74) is 1.14. The zero-order valence-electron chi connectivity index (χ0n) is 19.9. The van der Waals surface area contributed by atoms with E-state index >= 15 is 0 Å². The van der Waals surface area contributed by atoms with Crippen molar-refractivity contribution in [3.63, 3.8) is 0 Å². The van der Waals surface area contributed by atoms with E-state index < -0.39 is 37.3 Å². The summed E-state index contributed by atoms with van der Waals surface area (Å²) in [5, 5.41) is 39.2. The number of rotatable bonds is 15. The third-order valence-electron chi connectivity index (χ3n) is 5.90. The van der Waals surface area contributed by atoms with Gasteiger partial charge in [-0.3, -0.25) is 0 Å². The number of aliphatic hydroxyl groups is 4. The molecule has 6 heteroatoms. The number of allylic oxidation sites excluding steroid dienone is 4. The second-order valence-electron chi connectivity index (χ2n) is 8.74. The van der Waals surface area contributed by atoms with Crippen molar-refractivity contribution in [1.82, 2.24) is 0 Å². The Hall–Kier alpha value is -1.70. The lowest BCUT2D eigenvalue weighted by Gasteiger charge is -2.39. The summed E-state index contributed by atoms with van der Waals surface area (Å²) in [6.45, 7) is 1.72. The maximum absolute atomic E-state index is 10.1. The van der Waals surface area contributed by atoms with Gasteiger partial charge >= 0.3 is 0 Å². The molecule has 4 N–H and O–H groups in total. The molecule has 1 aliphatic heterocycles. The van der Waals surface area contributed by atoms with E-state index in [2.05, 4.69) is 31.2 Å². The molecule has 3 unspecified atom stereocenters. The Morgan fingerprint density at radius 2 is 1.61 bits per heavy atom. The number of aliphatic hydroxyl groups excluding tert-OH is 4. The summed E-state index contributed by atoms with van der Waals surface area (Å²) in [6.07, 6.45) is 14.2. The number of hydrogen-bond donors (Lipinski definition) is 4. The Morgan fingerprint density at radius 1 is 0.879 bits per heavy atom. The first-order chi connectivity index (χ1) is 16.1. The highest BCUT2D eigenvalue weighted by atomic mass is 16.7. The summed E-state index contributed by atoms with van der Waals surface area (Å²) in [6, 6.07) is 7.59. The van der Waals surface area contributed by atoms with Crippen LogP contribution in [-0.4, -0.2) is 57.7 Å². The van der Waals surface area contributed by atoms with Gasteiger partial charge in [-0.1, -0.05) is 69.0 Å². The Balaban J connectivity index is 1.63. The van der Waals surface area contributed by atoms with Crippen LogP contribution in [0, 0.1) is 0 Å². The molecule has 33 heavy (non-hydrogen) atoms. The third kappa shape index (κ3) is 9.98. The Labute approximate surface area is 198 Å². The Kier molecular flexibility index (Phi) is 13.4. The van der Waals surface area contributed by atoms with Crippen LogP contribution in [0.4, 0.5) is 0 Å². The molecule has 1 aliphatic rings. The van der Waals surface area contributed by atoms with Crippen molar-refractivity contribution in [2.24, 2.45) is 0 Å². The average Bonchev–Trinajstić information content (AvgIpc) is 2.82. The smallest absolute Gasteiger partial charge is 0.229 e. The van der Waals surface area contributed by atoms with Crippen molar-refractivity contribution >= 4 is 0 Å². The normalized spacial score (nSPS) is 25.8. The van der Waals surface area contributed by atoms with Crippen LogP contribution in [-0.2, 0) is 11.2 Å². The lowest BCUT2D eigenvalue weighted by atomic mass is 9.99. The molecular weight excluding hydrogens is 420 g/mol. The van der Waals surface area contributed by atoms with Crippen LogP contribution < -0.4 is 4.74 Å². The van der Waals surface area contributed by atoms with Gasteiger partial charge in [0.25, 0.3) is 0 Å². The van der Waals surface area contributed by atoms with Gasteiger partial charge in [-0.25, -0.2) is 0 Å². The molecule has 0 amide bonds. The van der Waals surface area contributed by atoms with Crippen molar-refractivity contribution in [3.05, 3.63) is 54.1 Å². The molecule has 1 fully saturated rings. The van der Waals surface area contributed by atoms with Gasteiger partial charge in [0.2, 0.25) is 6.29 Å². The number of hydrogen-bond acceptors (Lipinski definition) is 6. The van der Waals surface area contributed by atoms with E-state index in [4.69, 9.17) is 9.47 Å². The molecule has 0 bridgehead atoms. The minimum Gasteiger partial charge on any atom is -0.462 e. The van der Waals surface area contributed by atoms with Crippen LogP contribution in [0.2, 0.25) is 0 Å². The SMILES string of the molecule is CCC/C=C\C/C=C\CCCCCCCc1cccc(O[C@@H]2OC(CO)[C@@H](O)C(O)C2O)c1. The fourth-order valence-corrected chi connectivity index (χ4v) is 3.87. The third-order valence-corrected chi connectivity index (χ3v) is 5.90. The fourth-order valence-electron chi connectivity index (χ4n) is 3.87. The maximum atomic E-state index is 10.1. The summed E-state index contributed by atoms with van der Waals surface area (Å²) in [7, 11) is 0. The average molecular weight is 463 g/mol. The van der Waals surface area contributed by atoms with Crippen molar-refractivity contribution in [3.8, 4) is 5.75 Å². The molecule has 2 rings (SSSR count). The molecule has 0 aromatic heterocycles.